The highest BCUT2D eigenvalue weighted by atomic mass is 32.2. The number of thioether (sulfide) groups is 1. The van der Waals surface area contributed by atoms with Gasteiger partial charge in [-0.25, -0.2) is 5.43 Å². The molecule has 0 spiro atoms. The van der Waals surface area contributed by atoms with Gasteiger partial charge in [-0.05, 0) is 40.3 Å². The second-order valence-electron chi connectivity index (χ2n) is 4.89. The molecule has 0 aliphatic rings. The first-order chi connectivity index (χ1) is 12.2. The molecule has 1 heterocycles. The Morgan fingerprint density at radius 2 is 2.08 bits per heavy atom. The molecule has 8 nitrogen and oxygen atoms in total. The Balaban J connectivity index is 1.54. The first-order valence-electron chi connectivity index (χ1n) is 7.30. The fourth-order valence-electron chi connectivity index (χ4n) is 1.95. The van der Waals surface area contributed by atoms with Crippen molar-refractivity contribution in [3.8, 4) is 11.4 Å². The maximum absolute atomic E-state index is 11.9. The number of aromatic hydroxyl groups is 1. The number of tetrazole rings is 1. The topological polar surface area (TPSA) is 105 Å². The van der Waals surface area contributed by atoms with E-state index in [1.807, 2.05) is 30.3 Å². The summed E-state index contributed by atoms with van der Waals surface area (Å²) in [6.45, 7) is 0. The summed E-state index contributed by atoms with van der Waals surface area (Å²) < 4.78 is 1.56. The lowest BCUT2D eigenvalue weighted by Crippen LogP contribution is -2.20. The predicted octanol–water partition coefficient (Wildman–Crippen LogP) is 1.61. The van der Waals surface area contributed by atoms with Crippen molar-refractivity contribution < 1.29 is 9.90 Å². The molecule has 9 heteroatoms. The van der Waals surface area contributed by atoms with Crippen LogP contribution >= 0.6 is 11.8 Å². The lowest BCUT2D eigenvalue weighted by Gasteiger charge is -2.03. The van der Waals surface area contributed by atoms with E-state index in [9.17, 15) is 9.90 Å². The van der Waals surface area contributed by atoms with E-state index in [2.05, 4.69) is 26.1 Å². The van der Waals surface area contributed by atoms with Gasteiger partial charge in [-0.15, -0.1) is 5.10 Å². The number of aromatic nitrogens is 4. The quantitative estimate of drug-likeness (QED) is 0.396. The number of hydrogen-bond acceptors (Lipinski definition) is 7. The number of carbonyl (C=O) groups excluding carboxylic acids is 1. The van der Waals surface area contributed by atoms with Crippen LogP contribution in [0.5, 0.6) is 5.75 Å². The minimum absolute atomic E-state index is 0.116. The molecule has 0 bridgehead atoms. The zero-order valence-corrected chi connectivity index (χ0v) is 13.8. The van der Waals surface area contributed by atoms with Crippen LogP contribution in [-0.2, 0) is 4.79 Å². The first-order valence-corrected chi connectivity index (χ1v) is 8.28. The summed E-state index contributed by atoms with van der Waals surface area (Å²) in [7, 11) is 0. The number of carbonyl (C=O) groups is 1. The number of hydrogen-bond donors (Lipinski definition) is 2. The largest absolute Gasteiger partial charge is 0.508 e. The van der Waals surface area contributed by atoms with Gasteiger partial charge in [0.05, 0.1) is 17.7 Å². The monoisotopic (exact) mass is 354 g/mol. The van der Waals surface area contributed by atoms with Crippen LogP contribution in [-0.4, -0.2) is 43.2 Å². The molecule has 0 aliphatic heterocycles. The van der Waals surface area contributed by atoms with Crippen LogP contribution in [0.25, 0.3) is 5.69 Å². The van der Waals surface area contributed by atoms with Gasteiger partial charge in [-0.3, -0.25) is 4.79 Å². The van der Waals surface area contributed by atoms with Gasteiger partial charge in [0.15, 0.2) is 0 Å². The second kappa shape index (κ2) is 8.06. The maximum Gasteiger partial charge on any atom is 0.250 e. The number of nitrogens with one attached hydrogen (secondary N) is 1. The summed E-state index contributed by atoms with van der Waals surface area (Å²) in [5.74, 6) is -0.0347. The van der Waals surface area contributed by atoms with Crippen molar-refractivity contribution in [2.24, 2.45) is 5.10 Å². The number of nitrogens with zero attached hydrogens (tertiary/aromatic N) is 5. The lowest BCUT2D eigenvalue weighted by atomic mass is 10.2. The second-order valence-corrected chi connectivity index (χ2v) is 5.83. The molecule has 0 atom stereocenters. The number of phenolic OH excluding ortho intramolecular Hbond substituents is 1. The summed E-state index contributed by atoms with van der Waals surface area (Å²) in [6.07, 6.45) is 1.45. The fourth-order valence-corrected chi connectivity index (χ4v) is 2.63. The van der Waals surface area contributed by atoms with E-state index in [4.69, 9.17) is 0 Å². The maximum atomic E-state index is 11.9. The molecule has 0 unspecified atom stereocenters. The van der Waals surface area contributed by atoms with E-state index in [1.54, 1.807) is 28.9 Å². The molecular weight excluding hydrogens is 340 g/mol. The van der Waals surface area contributed by atoms with Crippen LogP contribution in [0, 0.1) is 0 Å². The SMILES string of the molecule is O=C(CSc1nnnn1-c1ccccc1)N/N=C/c1cccc(O)c1. The fraction of sp³-hybridized carbons (Fsp3) is 0.0625. The van der Waals surface area contributed by atoms with Gasteiger partial charge in [0.1, 0.15) is 5.75 Å². The molecule has 2 aromatic carbocycles. The Labute approximate surface area is 147 Å². The summed E-state index contributed by atoms with van der Waals surface area (Å²) in [4.78, 5) is 11.9. The summed E-state index contributed by atoms with van der Waals surface area (Å²) >= 11 is 1.21. The highest BCUT2D eigenvalue weighted by Gasteiger charge is 2.10. The number of amides is 1. The summed E-state index contributed by atoms with van der Waals surface area (Å²) in [5, 5.41) is 25.2. The van der Waals surface area contributed by atoms with Crippen molar-refractivity contribution in [2.75, 3.05) is 5.75 Å². The van der Waals surface area contributed by atoms with E-state index < -0.39 is 0 Å². The molecule has 0 fully saturated rings. The molecule has 3 rings (SSSR count). The van der Waals surface area contributed by atoms with Crippen molar-refractivity contribution in [1.82, 2.24) is 25.6 Å². The van der Waals surface area contributed by atoms with Gasteiger partial charge in [-0.2, -0.15) is 9.78 Å². The Bertz CT molecular complexity index is 881. The number of para-hydroxylation sites is 1. The zero-order valence-electron chi connectivity index (χ0n) is 13.0. The normalized spacial score (nSPS) is 10.9. The van der Waals surface area contributed by atoms with Gasteiger partial charge in [0.2, 0.25) is 5.16 Å². The summed E-state index contributed by atoms with van der Waals surface area (Å²) in [6, 6.07) is 16.0. The highest BCUT2D eigenvalue weighted by Crippen LogP contribution is 2.17. The molecular formula is C16H14N6O2S. The van der Waals surface area contributed by atoms with Crippen molar-refractivity contribution in [1.29, 1.82) is 0 Å². The van der Waals surface area contributed by atoms with Gasteiger partial charge in [0, 0.05) is 0 Å². The number of benzene rings is 2. The van der Waals surface area contributed by atoms with Crippen LogP contribution < -0.4 is 5.43 Å². The van der Waals surface area contributed by atoms with E-state index in [0.29, 0.717) is 10.7 Å². The van der Waals surface area contributed by atoms with E-state index in [-0.39, 0.29) is 17.4 Å². The molecule has 1 aromatic heterocycles. The van der Waals surface area contributed by atoms with Crippen LogP contribution in [0.1, 0.15) is 5.56 Å². The van der Waals surface area contributed by atoms with Crippen molar-refractivity contribution in [2.45, 2.75) is 5.16 Å². The number of hydrazone groups is 1. The molecule has 3 aromatic rings. The smallest absolute Gasteiger partial charge is 0.250 e. The highest BCUT2D eigenvalue weighted by molar-refractivity contribution is 7.99. The predicted molar refractivity (Wildman–Crippen MR) is 93.7 cm³/mol. The zero-order chi connectivity index (χ0) is 17.5. The number of rotatable bonds is 6. The Morgan fingerprint density at radius 3 is 2.88 bits per heavy atom. The Morgan fingerprint density at radius 1 is 1.24 bits per heavy atom. The third kappa shape index (κ3) is 4.64. The Hall–Kier alpha value is -3.20. The average Bonchev–Trinajstić information content (AvgIpc) is 3.09. The van der Waals surface area contributed by atoms with E-state index >= 15 is 0 Å². The van der Waals surface area contributed by atoms with Crippen molar-refractivity contribution >= 4 is 23.9 Å². The van der Waals surface area contributed by atoms with Crippen molar-refractivity contribution in [3.63, 3.8) is 0 Å². The van der Waals surface area contributed by atoms with Crippen LogP contribution in [0.2, 0.25) is 0 Å². The molecule has 0 saturated carbocycles. The average molecular weight is 354 g/mol. The van der Waals surface area contributed by atoms with Gasteiger partial charge in [-0.1, -0.05) is 42.1 Å². The van der Waals surface area contributed by atoms with Crippen LogP contribution in [0.4, 0.5) is 0 Å². The number of phenols is 1. The summed E-state index contributed by atoms with van der Waals surface area (Å²) in [5.41, 5.74) is 3.92. The third-order valence-electron chi connectivity index (χ3n) is 3.05. The standard InChI is InChI=1S/C16H14N6O2S/c23-14-8-4-5-12(9-14)10-17-18-15(24)11-25-16-19-20-21-22(16)13-6-2-1-3-7-13/h1-10,23H,11H2,(H,18,24)/b17-10+. The molecule has 2 N–H and O–H groups in total. The minimum Gasteiger partial charge on any atom is -0.508 e. The molecule has 0 aliphatic carbocycles. The molecule has 1 amide bonds. The van der Waals surface area contributed by atoms with E-state index in [0.717, 1.165) is 5.69 Å². The molecule has 25 heavy (non-hydrogen) atoms. The molecule has 126 valence electrons. The lowest BCUT2D eigenvalue weighted by molar-refractivity contribution is -0.118. The van der Waals surface area contributed by atoms with Gasteiger partial charge < -0.3 is 5.11 Å². The third-order valence-corrected chi connectivity index (χ3v) is 3.97. The van der Waals surface area contributed by atoms with Gasteiger partial charge in [0.25, 0.3) is 5.91 Å². The van der Waals surface area contributed by atoms with Crippen molar-refractivity contribution in [3.05, 3.63) is 60.2 Å². The van der Waals surface area contributed by atoms with Crippen LogP contribution in [0.3, 0.4) is 0 Å². The van der Waals surface area contributed by atoms with Gasteiger partial charge >= 0.3 is 0 Å². The Kier molecular flexibility index (Phi) is 5.37. The van der Waals surface area contributed by atoms with Crippen LogP contribution in [0.15, 0.2) is 64.9 Å². The minimum atomic E-state index is -0.288. The van der Waals surface area contributed by atoms with E-state index in [1.165, 1.54) is 18.0 Å². The molecule has 0 radical (unpaired) electrons. The molecule has 0 saturated heterocycles. The first kappa shape index (κ1) is 16.7.